The van der Waals surface area contributed by atoms with Gasteiger partial charge in [0.15, 0.2) is 5.78 Å². The van der Waals surface area contributed by atoms with Gasteiger partial charge in [0, 0.05) is 11.4 Å². The number of amides is 1. The highest BCUT2D eigenvalue weighted by atomic mass is 35.5. The molecule has 8 heteroatoms. The van der Waals surface area contributed by atoms with E-state index in [9.17, 15) is 19.2 Å². The summed E-state index contributed by atoms with van der Waals surface area (Å²) in [5, 5.41) is 2.84. The minimum absolute atomic E-state index is 0.149. The van der Waals surface area contributed by atoms with Gasteiger partial charge in [-0.05, 0) is 18.2 Å². The third-order valence-electron chi connectivity index (χ3n) is 3.09. The fourth-order valence-electron chi connectivity index (χ4n) is 1.93. The van der Waals surface area contributed by atoms with Gasteiger partial charge in [-0.3, -0.25) is 19.2 Å². The van der Waals surface area contributed by atoms with Crippen LogP contribution in [-0.2, 0) is 23.9 Å². The first-order valence-electron chi connectivity index (χ1n) is 6.37. The number of Topliss-reactive ketones (excluding diaryl/α,β-unsaturated/α-hetero) is 2. The topological polar surface area (TPSA) is 89.5 Å². The molecule has 1 N–H and O–H groups in total. The molecule has 0 radical (unpaired) electrons. The van der Waals surface area contributed by atoms with Crippen molar-refractivity contribution in [2.75, 3.05) is 11.9 Å². The van der Waals surface area contributed by atoms with Gasteiger partial charge in [-0.25, -0.2) is 0 Å². The van der Waals surface area contributed by atoms with E-state index in [1.807, 2.05) is 0 Å². The van der Waals surface area contributed by atoms with Crippen molar-refractivity contribution >= 4 is 52.3 Å². The van der Waals surface area contributed by atoms with Crippen LogP contribution in [0.25, 0.3) is 0 Å². The summed E-state index contributed by atoms with van der Waals surface area (Å²) in [4.78, 5) is 46.5. The summed E-state index contributed by atoms with van der Waals surface area (Å²) in [6, 6.07) is 4.34. The lowest BCUT2D eigenvalue weighted by Crippen LogP contribution is -2.29. The standard InChI is InChI=1S/C14H11Cl2NO5/c15-7-1-2-10(9(16)5-7)17-13(20)12(19)6-11(18)8-3-4-22-14(8)21/h1-2,5,8H,3-4,6H2,(H,17,20)/t8-/m1/s1. The number of hydrogen-bond acceptors (Lipinski definition) is 5. The maximum absolute atomic E-state index is 11.8. The Morgan fingerprint density at radius 2 is 2.00 bits per heavy atom. The van der Waals surface area contributed by atoms with Crippen molar-refractivity contribution in [3.05, 3.63) is 28.2 Å². The number of anilines is 1. The summed E-state index contributed by atoms with van der Waals surface area (Å²) in [5.74, 6) is -4.17. The molecule has 0 saturated carbocycles. The zero-order valence-corrected chi connectivity index (χ0v) is 12.7. The summed E-state index contributed by atoms with van der Waals surface area (Å²) < 4.78 is 4.65. The van der Waals surface area contributed by atoms with Gasteiger partial charge in [-0.15, -0.1) is 0 Å². The second kappa shape index (κ2) is 6.89. The molecule has 0 aliphatic carbocycles. The van der Waals surface area contributed by atoms with Crippen molar-refractivity contribution in [2.45, 2.75) is 12.8 Å². The average molecular weight is 344 g/mol. The zero-order chi connectivity index (χ0) is 16.3. The minimum Gasteiger partial charge on any atom is -0.465 e. The Kier molecular flexibility index (Phi) is 5.15. The van der Waals surface area contributed by atoms with Crippen molar-refractivity contribution in [3.63, 3.8) is 0 Å². The van der Waals surface area contributed by atoms with Gasteiger partial charge in [0.05, 0.1) is 23.7 Å². The fourth-order valence-corrected chi connectivity index (χ4v) is 2.39. The number of ether oxygens (including phenoxy) is 1. The van der Waals surface area contributed by atoms with Crippen LogP contribution < -0.4 is 5.32 Å². The lowest BCUT2D eigenvalue weighted by atomic mass is 9.98. The van der Waals surface area contributed by atoms with Gasteiger partial charge in [0.1, 0.15) is 5.92 Å². The Bertz CT molecular complexity index is 659. The first kappa shape index (κ1) is 16.5. The Morgan fingerprint density at radius 3 is 2.59 bits per heavy atom. The van der Waals surface area contributed by atoms with Crippen LogP contribution in [0.4, 0.5) is 5.69 Å². The van der Waals surface area contributed by atoms with Crippen molar-refractivity contribution in [2.24, 2.45) is 5.92 Å². The molecule has 0 aromatic heterocycles. The van der Waals surface area contributed by atoms with Crippen LogP contribution in [0.1, 0.15) is 12.8 Å². The van der Waals surface area contributed by atoms with E-state index in [0.29, 0.717) is 5.02 Å². The smallest absolute Gasteiger partial charge is 0.316 e. The Hall–Kier alpha value is -1.92. The van der Waals surface area contributed by atoms with Gasteiger partial charge in [0.2, 0.25) is 5.78 Å². The summed E-state index contributed by atoms with van der Waals surface area (Å²) in [7, 11) is 0. The summed E-state index contributed by atoms with van der Waals surface area (Å²) in [6.07, 6.45) is -0.424. The highest BCUT2D eigenvalue weighted by molar-refractivity contribution is 6.45. The quantitative estimate of drug-likeness (QED) is 0.501. The molecular weight excluding hydrogens is 333 g/mol. The van der Waals surface area contributed by atoms with E-state index in [1.54, 1.807) is 0 Å². The molecule has 1 amide bonds. The van der Waals surface area contributed by atoms with E-state index in [1.165, 1.54) is 18.2 Å². The lowest BCUT2D eigenvalue weighted by molar-refractivity contribution is -0.145. The van der Waals surface area contributed by atoms with Gasteiger partial charge in [0.25, 0.3) is 5.91 Å². The molecule has 6 nitrogen and oxygen atoms in total. The van der Waals surface area contributed by atoms with Crippen molar-refractivity contribution in [1.29, 1.82) is 0 Å². The SMILES string of the molecule is O=C(CC(=O)[C@H]1CCOC1=O)C(=O)Nc1ccc(Cl)cc1Cl. The second-order valence-corrected chi connectivity index (χ2v) is 5.50. The lowest BCUT2D eigenvalue weighted by Gasteiger charge is -2.07. The number of nitrogens with one attached hydrogen (secondary N) is 1. The monoisotopic (exact) mass is 343 g/mol. The summed E-state index contributed by atoms with van der Waals surface area (Å²) >= 11 is 11.6. The Morgan fingerprint density at radius 1 is 1.27 bits per heavy atom. The van der Waals surface area contributed by atoms with Gasteiger partial charge in [-0.1, -0.05) is 23.2 Å². The zero-order valence-electron chi connectivity index (χ0n) is 11.2. The highest BCUT2D eigenvalue weighted by Gasteiger charge is 2.34. The van der Waals surface area contributed by atoms with Crippen LogP contribution in [0, 0.1) is 5.92 Å². The number of halogens is 2. The molecule has 1 atom stereocenters. The summed E-state index contributed by atoms with van der Waals surface area (Å²) in [6.45, 7) is 0.149. The summed E-state index contributed by atoms with van der Waals surface area (Å²) in [5.41, 5.74) is 0.206. The molecule has 0 spiro atoms. The molecule has 1 aromatic carbocycles. The van der Waals surface area contributed by atoms with E-state index in [4.69, 9.17) is 23.2 Å². The van der Waals surface area contributed by atoms with Crippen molar-refractivity contribution in [3.8, 4) is 0 Å². The molecule has 1 fully saturated rings. The number of benzene rings is 1. The number of hydrogen-bond donors (Lipinski definition) is 1. The van der Waals surface area contributed by atoms with Crippen LogP contribution in [0.5, 0.6) is 0 Å². The Balaban J connectivity index is 1.96. The van der Waals surface area contributed by atoms with Crippen molar-refractivity contribution < 1.29 is 23.9 Å². The molecule has 22 heavy (non-hydrogen) atoms. The van der Waals surface area contributed by atoms with E-state index < -0.39 is 35.8 Å². The fraction of sp³-hybridized carbons (Fsp3) is 0.286. The van der Waals surface area contributed by atoms with Crippen LogP contribution in [0.3, 0.4) is 0 Å². The van der Waals surface area contributed by atoms with E-state index in [2.05, 4.69) is 10.1 Å². The molecular formula is C14H11Cl2NO5. The minimum atomic E-state index is -0.982. The molecule has 2 rings (SSSR count). The van der Waals surface area contributed by atoms with Gasteiger partial charge < -0.3 is 10.1 Å². The molecule has 1 aromatic rings. The van der Waals surface area contributed by atoms with Crippen LogP contribution in [0.2, 0.25) is 10.0 Å². The first-order chi connectivity index (χ1) is 10.4. The average Bonchev–Trinajstić information content (AvgIpc) is 2.88. The number of rotatable bonds is 5. The molecule has 1 aliphatic rings. The van der Waals surface area contributed by atoms with Crippen LogP contribution >= 0.6 is 23.2 Å². The molecule has 0 bridgehead atoms. The first-order valence-corrected chi connectivity index (χ1v) is 7.12. The van der Waals surface area contributed by atoms with Crippen molar-refractivity contribution in [1.82, 2.24) is 0 Å². The normalized spacial score (nSPS) is 17.0. The molecule has 116 valence electrons. The molecule has 1 saturated heterocycles. The van der Waals surface area contributed by atoms with E-state index in [-0.39, 0.29) is 23.7 Å². The molecule has 1 heterocycles. The second-order valence-electron chi connectivity index (χ2n) is 4.65. The maximum Gasteiger partial charge on any atom is 0.316 e. The molecule has 0 unspecified atom stereocenters. The number of cyclic esters (lactones) is 1. The number of carbonyl (C=O) groups excluding carboxylic acids is 4. The van der Waals surface area contributed by atoms with Gasteiger partial charge >= 0.3 is 5.97 Å². The van der Waals surface area contributed by atoms with Crippen LogP contribution in [-0.4, -0.2) is 30.0 Å². The highest BCUT2D eigenvalue weighted by Crippen LogP contribution is 2.25. The molecule has 1 aliphatic heterocycles. The van der Waals surface area contributed by atoms with E-state index >= 15 is 0 Å². The van der Waals surface area contributed by atoms with E-state index in [0.717, 1.165) is 0 Å². The Labute approximate surface area is 135 Å². The number of ketones is 2. The van der Waals surface area contributed by atoms with Gasteiger partial charge in [-0.2, -0.15) is 0 Å². The predicted octanol–water partition coefficient (Wildman–Crippen LogP) is 2.02. The number of esters is 1. The largest absolute Gasteiger partial charge is 0.465 e. The van der Waals surface area contributed by atoms with Crippen LogP contribution in [0.15, 0.2) is 18.2 Å². The predicted molar refractivity (Wildman–Crippen MR) is 78.8 cm³/mol. The third-order valence-corrected chi connectivity index (χ3v) is 3.64. The number of carbonyl (C=O) groups is 4. The maximum atomic E-state index is 11.8. The third kappa shape index (κ3) is 3.84.